The fourth-order valence-electron chi connectivity index (χ4n) is 1.97. The smallest absolute Gasteiger partial charge is 0.239 e. The maximum atomic E-state index is 11.6. The van der Waals surface area contributed by atoms with Gasteiger partial charge in [0.2, 0.25) is 5.91 Å². The molecule has 0 aromatic carbocycles. The zero-order chi connectivity index (χ0) is 13.9. The Bertz CT molecular complexity index is 424. The zero-order valence-electron chi connectivity index (χ0n) is 11.8. The Kier molecular flexibility index (Phi) is 4.58. The fourth-order valence-corrected chi connectivity index (χ4v) is 1.97. The van der Waals surface area contributed by atoms with E-state index in [4.69, 9.17) is 5.73 Å². The molecule has 0 fully saturated rings. The van der Waals surface area contributed by atoms with Gasteiger partial charge in [-0.3, -0.25) is 9.48 Å². The van der Waals surface area contributed by atoms with E-state index in [0.717, 1.165) is 11.5 Å². The molecule has 1 heterocycles. The summed E-state index contributed by atoms with van der Waals surface area (Å²) in [6.07, 6.45) is 0. The highest BCUT2D eigenvalue weighted by atomic mass is 16.2. The average molecular weight is 253 g/mol. The van der Waals surface area contributed by atoms with Crippen LogP contribution in [0.5, 0.6) is 0 Å². The molecule has 0 aliphatic carbocycles. The van der Waals surface area contributed by atoms with E-state index in [2.05, 4.69) is 10.4 Å². The minimum absolute atomic E-state index is 0.0216. The average Bonchev–Trinajstić information content (AvgIpc) is 2.54. The van der Waals surface area contributed by atoms with Crippen molar-refractivity contribution in [2.75, 3.05) is 30.8 Å². The van der Waals surface area contributed by atoms with Crippen LogP contribution in [-0.2, 0) is 11.8 Å². The van der Waals surface area contributed by atoms with Crippen LogP contribution in [0.25, 0.3) is 0 Å². The number of nitrogens with one attached hydrogen (secondary N) is 1. The number of nitrogen functional groups attached to an aromatic ring is 1. The summed E-state index contributed by atoms with van der Waals surface area (Å²) in [5.41, 5.74) is 7.62. The second-order valence-corrected chi connectivity index (χ2v) is 4.71. The molecule has 0 saturated heterocycles. The second-order valence-electron chi connectivity index (χ2n) is 4.71. The summed E-state index contributed by atoms with van der Waals surface area (Å²) in [6, 6.07) is 0. The summed E-state index contributed by atoms with van der Waals surface area (Å²) < 4.78 is 1.73. The quantitative estimate of drug-likeness (QED) is 0.810. The third kappa shape index (κ3) is 2.94. The molecule has 0 bridgehead atoms. The molecule has 102 valence electrons. The third-order valence-electron chi connectivity index (χ3n) is 2.74. The van der Waals surface area contributed by atoms with E-state index in [9.17, 15) is 4.79 Å². The van der Waals surface area contributed by atoms with Gasteiger partial charge in [-0.1, -0.05) is 13.8 Å². The van der Waals surface area contributed by atoms with E-state index in [1.165, 1.54) is 0 Å². The van der Waals surface area contributed by atoms with Crippen molar-refractivity contribution in [2.24, 2.45) is 7.05 Å². The van der Waals surface area contributed by atoms with Crippen molar-refractivity contribution >= 4 is 17.4 Å². The van der Waals surface area contributed by atoms with Crippen LogP contribution in [0.2, 0.25) is 0 Å². The molecule has 6 nitrogen and oxygen atoms in total. The van der Waals surface area contributed by atoms with Gasteiger partial charge < -0.3 is 16.0 Å². The maximum absolute atomic E-state index is 11.6. The maximum Gasteiger partial charge on any atom is 0.239 e. The fraction of sp³-hybridized carbons (Fsp3) is 0.667. The number of carbonyl (C=O) groups is 1. The number of amides is 1. The van der Waals surface area contributed by atoms with Gasteiger partial charge in [0.1, 0.15) is 0 Å². The molecular weight excluding hydrogens is 230 g/mol. The highest BCUT2D eigenvalue weighted by Gasteiger charge is 2.19. The standard InChI is InChI=1S/C12H23N5O/c1-6-14-9(18)7-16(4)12-10(13)11(8(2)3)15-17(12)5/h8H,6-7,13H2,1-5H3,(H,14,18). The first-order valence-corrected chi connectivity index (χ1v) is 6.18. The van der Waals surface area contributed by atoms with Gasteiger partial charge in [-0.15, -0.1) is 0 Å². The summed E-state index contributed by atoms with van der Waals surface area (Å²) in [6.45, 7) is 6.89. The van der Waals surface area contributed by atoms with Gasteiger partial charge in [0.25, 0.3) is 0 Å². The van der Waals surface area contributed by atoms with Crippen LogP contribution in [0.15, 0.2) is 0 Å². The van der Waals surface area contributed by atoms with Gasteiger partial charge in [-0.25, -0.2) is 0 Å². The summed E-state index contributed by atoms with van der Waals surface area (Å²) in [5, 5.41) is 7.17. The molecule has 6 heteroatoms. The molecule has 0 radical (unpaired) electrons. The van der Waals surface area contributed by atoms with E-state index in [-0.39, 0.29) is 18.4 Å². The first-order valence-electron chi connectivity index (χ1n) is 6.18. The summed E-state index contributed by atoms with van der Waals surface area (Å²) in [5.74, 6) is 1.03. The van der Waals surface area contributed by atoms with Crippen molar-refractivity contribution in [3.63, 3.8) is 0 Å². The van der Waals surface area contributed by atoms with Gasteiger partial charge in [0.05, 0.1) is 17.9 Å². The van der Waals surface area contributed by atoms with Crippen molar-refractivity contribution < 1.29 is 4.79 Å². The van der Waals surface area contributed by atoms with Crippen molar-refractivity contribution in [1.82, 2.24) is 15.1 Å². The molecule has 1 aromatic rings. The highest BCUT2D eigenvalue weighted by Crippen LogP contribution is 2.29. The summed E-state index contributed by atoms with van der Waals surface area (Å²) in [7, 11) is 3.68. The number of hydrogen-bond donors (Lipinski definition) is 2. The number of aromatic nitrogens is 2. The Morgan fingerprint density at radius 1 is 1.56 bits per heavy atom. The van der Waals surface area contributed by atoms with E-state index >= 15 is 0 Å². The molecule has 1 aromatic heterocycles. The van der Waals surface area contributed by atoms with Gasteiger partial charge in [-0.05, 0) is 12.8 Å². The highest BCUT2D eigenvalue weighted by molar-refractivity contribution is 5.82. The lowest BCUT2D eigenvalue weighted by molar-refractivity contribution is -0.119. The number of anilines is 2. The van der Waals surface area contributed by atoms with Gasteiger partial charge in [0.15, 0.2) is 5.82 Å². The van der Waals surface area contributed by atoms with Crippen LogP contribution in [0.4, 0.5) is 11.5 Å². The van der Waals surface area contributed by atoms with Crippen molar-refractivity contribution in [3.05, 3.63) is 5.69 Å². The largest absolute Gasteiger partial charge is 0.394 e. The second kappa shape index (κ2) is 5.75. The number of nitrogens with zero attached hydrogens (tertiary/aromatic N) is 3. The van der Waals surface area contributed by atoms with Crippen LogP contribution in [0, 0.1) is 0 Å². The topological polar surface area (TPSA) is 76.2 Å². The van der Waals surface area contributed by atoms with E-state index < -0.39 is 0 Å². The predicted molar refractivity (Wildman–Crippen MR) is 73.7 cm³/mol. The Balaban J connectivity index is 2.92. The SMILES string of the molecule is CCNC(=O)CN(C)c1c(N)c(C(C)C)nn1C. The number of rotatable bonds is 5. The minimum Gasteiger partial charge on any atom is -0.394 e. The van der Waals surface area contributed by atoms with Crippen LogP contribution in [0.1, 0.15) is 32.4 Å². The molecule has 1 amide bonds. The molecule has 0 aliphatic heterocycles. The Morgan fingerprint density at radius 2 is 2.17 bits per heavy atom. The molecule has 0 unspecified atom stereocenters. The molecular formula is C12H23N5O. The Morgan fingerprint density at radius 3 is 2.61 bits per heavy atom. The lowest BCUT2D eigenvalue weighted by Crippen LogP contribution is -2.36. The first kappa shape index (κ1) is 14.3. The van der Waals surface area contributed by atoms with Crippen LogP contribution in [0.3, 0.4) is 0 Å². The molecule has 0 atom stereocenters. The number of aryl methyl sites for hydroxylation is 1. The van der Waals surface area contributed by atoms with E-state index in [1.807, 2.05) is 39.8 Å². The normalized spacial score (nSPS) is 10.8. The molecule has 0 spiro atoms. The molecule has 0 aliphatic rings. The monoisotopic (exact) mass is 253 g/mol. The van der Waals surface area contributed by atoms with Gasteiger partial charge in [-0.2, -0.15) is 5.10 Å². The zero-order valence-corrected chi connectivity index (χ0v) is 11.8. The van der Waals surface area contributed by atoms with Crippen LogP contribution >= 0.6 is 0 Å². The Labute approximate surface area is 108 Å². The number of carbonyl (C=O) groups excluding carboxylic acids is 1. The molecule has 18 heavy (non-hydrogen) atoms. The number of nitrogens with two attached hydrogens (primary N) is 1. The molecule has 0 saturated carbocycles. The first-order chi connectivity index (χ1) is 8.38. The third-order valence-corrected chi connectivity index (χ3v) is 2.74. The number of likely N-dealkylation sites (N-methyl/N-ethyl adjacent to an activating group) is 2. The van der Waals surface area contributed by atoms with Crippen LogP contribution in [-0.4, -0.2) is 35.8 Å². The van der Waals surface area contributed by atoms with Crippen molar-refractivity contribution in [3.8, 4) is 0 Å². The lowest BCUT2D eigenvalue weighted by atomic mass is 10.1. The Hall–Kier alpha value is -1.72. The van der Waals surface area contributed by atoms with Crippen molar-refractivity contribution in [1.29, 1.82) is 0 Å². The molecule has 3 N–H and O–H groups in total. The van der Waals surface area contributed by atoms with E-state index in [1.54, 1.807) is 4.68 Å². The summed E-state index contributed by atoms with van der Waals surface area (Å²) >= 11 is 0. The molecule has 1 rings (SSSR count). The van der Waals surface area contributed by atoms with Gasteiger partial charge in [0, 0.05) is 20.6 Å². The summed E-state index contributed by atoms with van der Waals surface area (Å²) in [4.78, 5) is 13.4. The predicted octanol–water partition coefficient (Wildman–Crippen LogP) is 0.698. The van der Waals surface area contributed by atoms with E-state index in [0.29, 0.717) is 12.2 Å². The van der Waals surface area contributed by atoms with Crippen molar-refractivity contribution in [2.45, 2.75) is 26.7 Å². The lowest BCUT2D eigenvalue weighted by Gasteiger charge is -2.19. The number of hydrogen-bond acceptors (Lipinski definition) is 4. The van der Waals surface area contributed by atoms with Gasteiger partial charge >= 0.3 is 0 Å². The van der Waals surface area contributed by atoms with Crippen LogP contribution < -0.4 is 16.0 Å². The minimum atomic E-state index is -0.0216.